The van der Waals surface area contributed by atoms with Crippen LogP contribution in [0.25, 0.3) is 0 Å². The van der Waals surface area contributed by atoms with Gasteiger partial charge in [-0.1, -0.05) is 5.16 Å². The molecule has 0 aromatic carbocycles. The number of hydrogen-bond donors (Lipinski definition) is 2. The zero-order chi connectivity index (χ0) is 14.5. The Morgan fingerprint density at radius 2 is 2.25 bits per heavy atom. The average molecular weight is 293 g/mol. The van der Waals surface area contributed by atoms with E-state index in [0.29, 0.717) is 18.0 Å². The average Bonchev–Trinajstić information content (AvgIpc) is 2.83. The topological polar surface area (TPSA) is 107 Å². The maximum absolute atomic E-state index is 8.66. The summed E-state index contributed by atoms with van der Waals surface area (Å²) in [6.45, 7) is 4.20. The highest BCUT2D eigenvalue weighted by Gasteiger charge is 2.08. The molecule has 106 valence electrons. The van der Waals surface area contributed by atoms with Crippen LogP contribution in [0.1, 0.15) is 22.0 Å². The van der Waals surface area contributed by atoms with Crippen molar-refractivity contribution >= 4 is 17.2 Å². The number of thiazole rings is 1. The first-order valence-electron chi connectivity index (χ1n) is 5.95. The molecule has 0 fully saturated rings. The van der Waals surface area contributed by atoms with Gasteiger partial charge in [0.2, 0.25) is 0 Å². The van der Waals surface area contributed by atoms with E-state index in [1.165, 1.54) is 4.88 Å². The molecule has 0 atom stereocenters. The van der Waals surface area contributed by atoms with E-state index in [2.05, 4.69) is 20.1 Å². The third kappa shape index (κ3) is 3.41. The second kappa shape index (κ2) is 6.29. The molecule has 0 saturated heterocycles. The monoisotopic (exact) mass is 293 g/mol. The summed E-state index contributed by atoms with van der Waals surface area (Å²) in [7, 11) is 0. The van der Waals surface area contributed by atoms with Gasteiger partial charge in [-0.25, -0.2) is 9.97 Å². The minimum absolute atomic E-state index is 0.0707. The lowest BCUT2D eigenvalue weighted by atomic mass is 10.3. The molecular weight excluding hydrogens is 278 g/mol. The normalized spacial score (nSPS) is 11.6. The van der Waals surface area contributed by atoms with Crippen LogP contribution in [-0.2, 0) is 6.42 Å². The molecule has 8 heteroatoms. The second-order valence-corrected chi connectivity index (χ2v) is 5.06. The van der Waals surface area contributed by atoms with Gasteiger partial charge in [0, 0.05) is 17.0 Å². The maximum Gasteiger partial charge on any atom is 0.317 e. The minimum Gasteiger partial charge on any atom is -0.463 e. The summed E-state index contributed by atoms with van der Waals surface area (Å²) in [6.07, 6.45) is 0.743. The van der Waals surface area contributed by atoms with Crippen molar-refractivity contribution < 1.29 is 9.94 Å². The highest BCUT2D eigenvalue weighted by molar-refractivity contribution is 7.09. The molecule has 2 rings (SSSR count). The number of nitrogens with zero attached hydrogens (tertiary/aromatic N) is 4. The second-order valence-electron chi connectivity index (χ2n) is 4.12. The quantitative estimate of drug-likeness (QED) is 0.372. The van der Waals surface area contributed by atoms with Gasteiger partial charge in [-0.15, -0.1) is 11.3 Å². The zero-order valence-electron chi connectivity index (χ0n) is 11.2. The number of aryl methyl sites for hydroxylation is 2. The molecule has 2 aromatic rings. The Morgan fingerprint density at radius 1 is 1.45 bits per heavy atom. The summed E-state index contributed by atoms with van der Waals surface area (Å²) >= 11 is 1.60. The van der Waals surface area contributed by atoms with Gasteiger partial charge >= 0.3 is 6.01 Å². The van der Waals surface area contributed by atoms with Crippen molar-refractivity contribution in [2.45, 2.75) is 20.3 Å². The number of nitrogens with two attached hydrogens (primary N) is 1. The van der Waals surface area contributed by atoms with Crippen LogP contribution in [0.4, 0.5) is 0 Å². The van der Waals surface area contributed by atoms with Crippen molar-refractivity contribution in [1.29, 1.82) is 0 Å². The van der Waals surface area contributed by atoms with Crippen LogP contribution < -0.4 is 10.5 Å². The van der Waals surface area contributed by atoms with E-state index in [1.807, 2.05) is 12.4 Å². The van der Waals surface area contributed by atoms with Gasteiger partial charge in [0.05, 0.1) is 17.8 Å². The number of rotatable bonds is 5. The van der Waals surface area contributed by atoms with Gasteiger partial charge in [-0.05, 0) is 19.9 Å². The molecule has 2 heterocycles. The summed E-state index contributed by atoms with van der Waals surface area (Å²) in [6, 6.07) is 1.84. The molecule has 0 aliphatic carbocycles. The fourth-order valence-corrected chi connectivity index (χ4v) is 2.35. The molecular formula is C12H15N5O2S. The summed E-state index contributed by atoms with van der Waals surface area (Å²) in [5.41, 5.74) is 9.35. The predicted octanol–water partition coefficient (Wildman–Crippen LogP) is 1.27. The first-order valence-corrected chi connectivity index (χ1v) is 6.83. The molecule has 0 amide bonds. The molecule has 0 spiro atoms. The Hall–Kier alpha value is -2.22. The molecule has 0 unspecified atom stereocenters. The third-order valence-electron chi connectivity index (χ3n) is 2.61. The Kier molecular flexibility index (Phi) is 4.46. The van der Waals surface area contributed by atoms with Crippen molar-refractivity contribution in [1.82, 2.24) is 15.0 Å². The van der Waals surface area contributed by atoms with Gasteiger partial charge in [0.25, 0.3) is 0 Å². The van der Waals surface area contributed by atoms with Crippen LogP contribution >= 0.6 is 11.3 Å². The third-order valence-corrected chi connectivity index (χ3v) is 3.60. The van der Waals surface area contributed by atoms with E-state index in [-0.39, 0.29) is 11.8 Å². The van der Waals surface area contributed by atoms with E-state index in [1.54, 1.807) is 24.3 Å². The Bertz CT molecular complexity index is 626. The number of amidine groups is 1. The van der Waals surface area contributed by atoms with E-state index in [4.69, 9.17) is 15.7 Å². The van der Waals surface area contributed by atoms with Crippen molar-refractivity contribution in [3.8, 4) is 6.01 Å². The SMILES string of the molecule is Cc1cc(/C(N)=N/O)nc(OCCc2scnc2C)n1. The largest absolute Gasteiger partial charge is 0.463 e. The smallest absolute Gasteiger partial charge is 0.317 e. The fraction of sp³-hybridized carbons (Fsp3) is 0.333. The van der Waals surface area contributed by atoms with Crippen LogP contribution in [-0.4, -0.2) is 32.6 Å². The van der Waals surface area contributed by atoms with Crippen LogP contribution in [0.15, 0.2) is 16.7 Å². The highest BCUT2D eigenvalue weighted by atomic mass is 32.1. The zero-order valence-corrected chi connectivity index (χ0v) is 12.0. The summed E-state index contributed by atoms with van der Waals surface area (Å²) in [5.74, 6) is -0.0707. The Labute approximate surface area is 120 Å². The first kappa shape index (κ1) is 14.2. The highest BCUT2D eigenvalue weighted by Crippen LogP contribution is 2.13. The van der Waals surface area contributed by atoms with Gasteiger partial charge < -0.3 is 15.7 Å². The van der Waals surface area contributed by atoms with E-state index >= 15 is 0 Å². The summed E-state index contributed by atoms with van der Waals surface area (Å²) < 4.78 is 5.51. The number of hydrogen-bond acceptors (Lipinski definition) is 7. The molecule has 2 aromatic heterocycles. The van der Waals surface area contributed by atoms with Crippen LogP contribution in [0.3, 0.4) is 0 Å². The van der Waals surface area contributed by atoms with Crippen molar-refractivity contribution in [2.24, 2.45) is 10.9 Å². The number of oxime groups is 1. The van der Waals surface area contributed by atoms with Gasteiger partial charge in [-0.2, -0.15) is 4.98 Å². The minimum atomic E-state index is -0.0707. The molecule has 7 nitrogen and oxygen atoms in total. The van der Waals surface area contributed by atoms with Crippen LogP contribution in [0, 0.1) is 13.8 Å². The van der Waals surface area contributed by atoms with Gasteiger partial charge in [-0.3, -0.25) is 0 Å². The number of aromatic nitrogens is 3. The van der Waals surface area contributed by atoms with Crippen molar-refractivity contribution in [2.75, 3.05) is 6.61 Å². The van der Waals surface area contributed by atoms with Crippen LogP contribution in [0.2, 0.25) is 0 Å². The lowest BCUT2D eigenvalue weighted by Crippen LogP contribution is -2.17. The van der Waals surface area contributed by atoms with E-state index in [0.717, 1.165) is 12.1 Å². The summed E-state index contributed by atoms with van der Waals surface area (Å²) in [5, 5.41) is 11.6. The standard InChI is InChI=1S/C12H15N5O2S/c1-7-5-9(11(13)17-18)16-12(15-7)19-4-3-10-8(2)14-6-20-10/h5-6,18H,3-4H2,1-2H3,(H2,13,17). The molecule has 0 bridgehead atoms. The molecule has 0 radical (unpaired) electrons. The molecule has 0 aliphatic heterocycles. The fourth-order valence-electron chi connectivity index (χ4n) is 1.59. The molecule has 3 N–H and O–H groups in total. The maximum atomic E-state index is 8.66. The molecule has 0 aliphatic rings. The Morgan fingerprint density at radius 3 is 2.90 bits per heavy atom. The van der Waals surface area contributed by atoms with Crippen molar-refractivity contribution in [3.05, 3.63) is 33.5 Å². The molecule has 0 saturated carbocycles. The van der Waals surface area contributed by atoms with E-state index in [9.17, 15) is 0 Å². The molecule has 20 heavy (non-hydrogen) atoms. The Balaban J connectivity index is 2.02. The van der Waals surface area contributed by atoms with Gasteiger partial charge in [0.15, 0.2) is 5.84 Å². The lowest BCUT2D eigenvalue weighted by molar-refractivity contribution is 0.295. The van der Waals surface area contributed by atoms with Crippen LogP contribution in [0.5, 0.6) is 6.01 Å². The number of ether oxygens (including phenoxy) is 1. The van der Waals surface area contributed by atoms with Crippen molar-refractivity contribution in [3.63, 3.8) is 0 Å². The first-order chi connectivity index (χ1) is 9.60. The predicted molar refractivity (Wildman–Crippen MR) is 75.3 cm³/mol. The van der Waals surface area contributed by atoms with E-state index < -0.39 is 0 Å². The summed E-state index contributed by atoms with van der Waals surface area (Å²) in [4.78, 5) is 13.6. The lowest BCUT2D eigenvalue weighted by Gasteiger charge is -2.06. The van der Waals surface area contributed by atoms with Gasteiger partial charge in [0.1, 0.15) is 5.69 Å².